The number of nitrogens with one attached hydrogen (secondary N) is 4. The Kier molecular flexibility index (Phi) is 10.7. The van der Waals surface area contributed by atoms with Gasteiger partial charge in [-0.3, -0.25) is 19.2 Å². The first kappa shape index (κ1) is 28.7. The molecule has 0 bridgehead atoms. The lowest BCUT2D eigenvalue weighted by atomic mass is 10.1. The Morgan fingerprint density at radius 2 is 1.39 bits per heavy atom. The SMILES string of the molecule is CCCc1cc(=O)[nH]c(SCC(=O)Nc2ccc(NC(=O)CSc3nc(CCC)cc(=O)[nH]3)c(C#N)c2)n1. The molecule has 11 nitrogen and oxygen atoms in total. The van der Waals surface area contributed by atoms with Gasteiger partial charge in [-0.2, -0.15) is 5.26 Å². The van der Waals surface area contributed by atoms with Crippen LogP contribution in [0.2, 0.25) is 0 Å². The number of thioether (sulfide) groups is 2. The molecule has 0 aliphatic carbocycles. The van der Waals surface area contributed by atoms with E-state index in [0.29, 0.717) is 45.9 Å². The zero-order valence-electron chi connectivity index (χ0n) is 20.9. The van der Waals surface area contributed by atoms with Gasteiger partial charge in [0.2, 0.25) is 11.8 Å². The highest BCUT2D eigenvalue weighted by Gasteiger charge is 2.12. The number of hydrogen-bond donors (Lipinski definition) is 4. The predicted molar refractivity (Wildman–Crippen MR) is 148 cm³/mol. The van der Waals surface area contributed by atoms with Crippen LogP contribution in [0.15, 0.2) is 50.2 Å². The lowest BCUT2D eigenvalue weighted by Crippen LogP contribution is -2.17. The number of benzene rings is 1. The first-order chi connectivity index (χ1) is 18.3. The summed E-state index contributed by atoms with van der Waals surface area (Å²) < 4.78 is 0. The molecular formula is C25H27N7O4S2. The average Bonchev–Trinajstić information content (AvgIpc) is 2.87. The Bertz CT molecular complexity index is 1460. The molecule has 3 rings (SSSR count). The smallest absolute Gasteiger partial charge is 0.251 e. The predicted octanol–water partition coefficient (Wildman–Crippen LogP) is 3.09. The molecule has 2 aromatic heterocycles. The second-order valence-corrected chi connectivity index (χ2v) is 10.1. The number of aryl methyl sites for hydroxylation is 2. The third-order valence-corrected chi connectivity index (χ3v) is 6.68. The van der Waals surface area contributed by atoms with E-state index in [0.717, 1.165) is 36.4 Å². The van der Waals surface area contributed by atoms with Gasteiger partial charge in [0.15, 0.2) is 10.3 Å². The van der Waals surface area contributed by atoms with Crippen molar-refractivity contribution in [2.45, 2.75) is 49.8 Å². The Hall–Kier alpha value is -3.89. The fourth-order valence-corrected chi connectivity index (χ4v) is 4.74. The summed E-state index contributed by atoms with van der Waals surface area (Å²) in [7, 11) is 0. The molecule has 0 saturated heterocycles. The molecule has 3 aromatic rings. The summed E-state index contributed by atoms with van der Waals surface area (Å²) in [6.07, 6.45) is 3.03. The van der Waals surface area contributed by atoms with E-state index in [4.69, 9.17) is 0 Å². The van der Waals surface area contributed by atoms with Gasteiger partial charge in [-0.05, 0) is 31.0 Å². The lowest BCUT2D eigenvalue weighted by molar-refractivity contribution is -0.114. The highest BCUT2D eigenvalue weighted by molar-refractivity contribution is 8.00. The molecule has 0 atom stereocenters. The van der Waals surface area contributed by atoms with E-state index in [1.54, 1.807) is 6.07 Å². The van der Waals surface area contributed by atoms with Crippen molar-refractivity contribution in [3.63, 3.8) is 0 Å². The number of aromatic amines is 2. The number of anilines is 2. The molecule has 0 fully saturated rings. The van der Waals surface area contributed by atoms with E-state index in [1.807, 2.05) is 19.9 Å². The van der Waals surface area contributed by atoms with Gasteiger partial charge in [-0.15, -0.1) is 0 Å². The monoisotopic (exact) mass is 553 g/mol. The zero-order chi connectivity index (χ0) is 27.5. The van der Waals surface area contributed by atoms with Crippen molar-refractivity contribution in [2.24, 2.45) is 0 Å². The summed E-state index contributed by atoms with van der Waals surface area (Å²) in [5.74, 6) is -0.738. The number of rotatable bonds is 12. The molecule has 0 spiro atoms. The van der Waals surface area contributed by atoms with Crippen molar-refractivity contribution >= 4 is 46.7 Å². The van der Waals surface area contributed by atoms with Crippen LogP contribution in [0.1, 0.15) is 43.6 Å². The molecule has 1 aromatic carbocycles. The van der Waals surface area contributed by atoms with Crippen LogP contribution in [-0.2, 0) is 22.4 Å². The molecular weight excluding hydrogens is 526 g/mol. The summed E-state index contributed by atoms with van der Waals surface area (Å²) in [5, 5.41) is 15.6. The normalized spacial score (nSPS) is 10.6. The number of carbonyl (C=O) groups is 2. The van der Waals surface area contributed by atoms with Crippen molar-refractivity contribution in [2.75, 3.05) is 22.1 Å². The van der Waals surface area contributed by atoms with Crippen molar-refractivity contribution in [1.82, 2.24) is 19.9 Å². The highest BCUT2D eigenvalue weighted by atomic mass is 32.2. The van der Waals surface area contributed by atoms with E-state index in [-0.39, 0.29) is 40.0 Å². The summed E-state index contributed by atoms with van der Waals surface area (Å²) in [6.45, 7) is 3.97. The fourth-order valence-electron chi connectivity index (χ4n) is 3.35. The molecule has 0 aliphatic rings. The molecule has 0 unspecified atom stereocenters. The number of hydrogen-bond acceptors (Lipinski definition) is 9. The van der Waals surface area contributed by atoms with Gasteiger partial charge in [-0.25, -0.2) is 9.97 Å². The maximum absolute atomic E-state index is 12.5. The first-order valence-corrected chi connectivity index (χ1v) is 13.9. The van der Waals surface area contributed by atoms with E-state index in [2.05, 4.69) is 30.6 Å². The maximum Gasteiger partial charge on any atom is 0.251 e. The third kappa shape index (κ3) is 8.89. The van der Waals surface area contributed by atoms with Crippen molar-refractivity contribution < 1.29 is 9.59 Å². The van der Waals surface area contributed by atoms with Gasteiger partial charge >= 0.3 is 0 Å². The van der Waals surface area contributed by atoms with Crippen molar-refractivity contribution in [3.8, 4) is 6.07 Å². The molecule has 38 heavy (non-hydrogen) atoms. The van der Waals surface area contributed by atoms with Crippen LogP contribution in [0.4, 0.5) is 11.4 Å². The van der Waals surface area contributed by atoms with Crippen molar-refractivity contribution in [1.29, 1.82) is 5.26 Å². The molecule has 0 aliphatic heterocycles. The second kappa shape index (κ2) is 14.2. The van der Waals surface area contributed by atoms with Crippen LogP contribution >= 0.6 is 23.5 Å². The fraction of sp³-hybridized carbons (Fsp3) is 0.320. The highest BCUT2D eigenvalue weighted by Crippen LogP contribution is 2.22. The molecule has 0 radical (unpaired) electrons. The minimum atomic E-state index is -0.380. The Morgan fingerprint density at radius 1 is 0.868 bits per heavy atom. The van der Waals surface area contributed by atoms with Crippen LogP contribution in [0.5, 0.6) is 0 Å². The summed E-state index contributed by atoms with van der Waals surface area (Å²) >= 11 is 2.19. The standard InChI is InChI=1S/C25H27N7O4S2/c1-3-5-16-10-20(33)31-24(28-16)37-13-22(35)27-18-7-8-19(15(9-18)12-26)30-23(36)14-38-25-29-17(6-4-2)11-21(34)32-25/h7-11H,3-6,13-14H2,1-2H3,(H,27,35)(H,30,36)(H,28,31,33)(H,29,32,34). The number of amides is 2. The van der Waals surface area contributed by atoms with Crippen molar-refractivity contribution in [3.05, 3.63) is 68.0 Å². The lowest BCUT2D eigenvalue weighted by Gasteiger charge is -2.10. The summed E-state index contributed by atoms with van der Waals surface area (Å²) in [4.78, 5) is 62.3. The van der Waals surface area contributed by atoms with Crippen LogP contribution in [0.3, 0.4) is 0 Å². The largest absolute Gasteiger partial charge is 0.325 e. The molecule has 13 heteroatoms. The Balaban J connectivity index is 1.56. The van der Waals surface area contributed by atoms with E-state index >= 15 is 0 Å². The van der Waals surface area contributed by atoms with Crippen LogP contribution in [0.25, 0.3) is 0 Å². The first-order valence-electron chi connectivity index (χ1n) is 11.9. The quantitative estimate of drug-likeness (QED) is 0.194. The topological polar surface area (TPSA) is 173 Å². The number of nitrogens with zero attached hydrogens (tertiary/aromatic N) is 3. The minimum absolute atomic E-state index is 0.00565. The molecule has 198 valence electrons. The number of aromatic nitrogens is 4. The summed E-state index contributed by atoms with van der Waals surface area (Å²) in [6, 6.07) is 9.45. The van der Waals surface area contributed by atoms with E-state index in [1.165, 1.54) is 24.3 Å². The van der Waals surface area contributed by atoms with Crippen LogP contribution < -0.4 is 21.8 Å². The van der Waals surface area contributed by atoms with Gasteiger partial charge < -0.3 is 20.6 Å². The Morgan fingerprint density at radius 3 is 1.89 bits per heavy atom. The molecule has 0 saturated carbocycles. The second-order valence-electron chi connectivity index (χ2n) is 8.13. The van der Waals surface area contributed by atoms with Gasteiger partial charge in [0.25, 0.3) is 11.1 Å². The molecule has 4 N–H and O–H groups in total. The molecule has 2 amide bonds. The van der Waals surface area contributed by atoms with Gasteiger partial charge in [-0.1, -0.05) is 50.2 Å². The Labute approximate surface area is 227 Å². The number of nitriles is 1. The minimum Gasteiger partial charge on any atom is -0.325 e. The average molecular weight is 554 g/mol. The number of carbonyl (C=O) groups excluding carboxylic acids is 2. The van der Waals surface area contributed by atoms with Crippen LogP contribution in [0, 0.1) is 11.3 Å². The summed E-state index contributed by atoms with van der Waals surface area (Å²) in [5.41, 5.74) is 1.64. The van der Waals surface area contributed by atoms with Gasteiger partial charge in [0.1, 0.15) is 6.07 Å². The zero-order valence-corrected chi connectivity index (χ0v) is 22.6. The maximum atomic E-state index is 12.5. The third-order valence-electron chi connectivity index (χ3n) is 4.94. The van der Waals surface area contributed by atoms with E-state index in [9.17, 15) is 24.4 Å². The van der Waals surface area contributed by atoms with E-state index < -0.39 is 0 Å². The van der Waals surface area contributed by atoms with Crippen LogP contribution in [-0.4, -0.2) is 43.3 Å². The van der Waals surface area contributed by atoms with Gasteiger partial charge in [0.05, 0.1) is 22.8 Å². The molecule has 2 heterocycles. The number of H-pyrrole nitrogens is 2. The van der Waals surface area contributed by atoms with Gasteiger partial charge in [0, 0.05) is 29.2 Å².